The maximum Gasteiger partial charge on any atom is 0.416 e. The van der Waals surface area contributed by atoms with Gasteiger partial charge >= 0.3 is 6.18 Å². The van der Waals surface area contributed by atoms with Gasteiger partial charge in [-0.1, -0.05) is 24.6 Å². The first-order chi connectivity index (χ1) is 20.0. The fourth-order valence-electron chi connectivity index (χ4n) is 4.69. The van der Waals surface area contributed by atoms with Crippen molar-refractivity contribution in [3.8, 4) is 5.75 Å². The number of benzene rings is 3. The Morgan fingerprint density at radius 3 is 2.40 bits per heavy atom. The quantitative estimate of drug-likeness (QED) is 0.278. The van der Waals surface area contributed by atoms with Crippen LogP contribution in [0.15, 0.2) is 77.7 Å². The van der Waals surface area contributed by atoms with Crippen molar-refractivity contribution >= 4 is 35.1 Å². The monoisotopic (exact) mass is 600 g/mol. The lowest BCUT2D eigenvalue weighted by Crippen LogP contribution is -2.53. The molecule has 3 aromatic carbocycles. The third-order valence-corrected chi connectivity index (χ3v) is 8.16. The summed E-state index contributed by atoms with van der Waals surface area (Å²) in [5, 5.41) is 5.85. The second-order valence-electron chi connectivity index (χ2n) is 10.3. The van der Waals surface area contributed by atoms with Gasteiger partial charge in [-0.25, -0.2) is 4.31 Å². The van der Waals surface area contributed by atoms with Gasteiger partial charge in [-0.05, 0) is 85.0 Å². The first-order valence-electron chi connectivity index (χ1n) is 13.7. The van der Waals surface area contributed by atoms with Crippen LogP contribution in [0.2, 0.25) is 0 Å². The lowest BCUT2D eigenvalue weighted by Gasteiger charge is -2.34. The van der Waals surface area contributed by atoms with Crippen molar-refractivity contribution in [2.24, 2.45) is 0 Å². The largest absolute Gasteiger partial charge is 0.497 e. The molecule has 4 rings (SSSR count). The fraction of sp³-hybridized carbons (Fsp3) is 0.355. The van der Waals surface area contributed by atoms with Crippen LogP contribution in [0.25, 0.3) is 0 Å². The highest BCUT2D eigenvalue weighted by Gasteiger charge is 2.34. The molecule has 1 saturated heterocycles. The van der Waals surface area contributed by atoms with Crippen molar-refractivity contribution in [2.75, 3.05) is 38.0 Å². The smallest absolute Gasteiger partial charge is 0.416 e. The minimum absolute atomic E-state index is 0.241. The standard InChI is InChI=1S/C31H35F3N4O3S/c1-37(2)24-14-12-23(13-15-24)35-29(39)27(19-21-10-16-25(41-3)17-11-21)36-30(40)28-9-4-5-18-38(28)42-26-8-6-7-22(20-26)31(32,33)34/h6-8,10-17,20,27-28H,4-5,9,18-19H2,1-3H3,(H,35,39)(H,36,40)/t27-,28-/m0/s1. The van der Waals surface area contributed by atoms with E-state index in [0.29, 0.717) is 29.3 Å². The summed E-state index contributed by atoms with van der Waals surface area (Å²) in [6.07, 6.45) is -2.07. The highest BCUT2D eigenvalue weighted by molar-refractivity contribution is 7.97. The summed E-state index contributed by atoms with van der Waals surface area (Å²) < 4.78 is 46.9. The fourth-order valence-corrected chi connectivity index (χ4v) is 5.83. The number of nitrogens with zero attached hydrogens (tertiary/aromatic N) is 2. The van der Waals surface area contributed by atoms with E-state index in [9.17, 15) is 22.8 Å². The number of carbonyl (C=O) groups excluding carboxylic acids is 2. The molecule has 2 amide bonds. The van der Waals surface area contributed by atoms with Crippen molar-refractivity contribution < 1.29 is 27.5 Å². The van der Waals surface area contributed by atoms with Crippen LogP contribution in [0.1, 0.15) is 30.4 Å². The number of piperidine rings is 1. The molecule has 3 aromatic rings. The molecule has 2 N–H and O–H groups in total. The summed E-state index contributed by atoms with van der Waals surface area (Å²) in [4.78, 5) is 29.5. The van der Waals surface area contributed by atoms with E-state index in [4.69, 9.17) is 4.74 Å². The van der Waals surface area contributed by atoms with E-state index >= 15 is 0 Å². The van der Waals surface area contributed by atoms with E-state index < -0.39 is 23.8 Å². The summed E-state index contributed by atoms with van der Waals surface area (Å²) >= 11 is 1.14. The lowest BCUT2D eigenvalue weighted by molar-refractivity contribution is -0.137. The van der Waals surface area contributed by atoms with Crippen LogP contribution in [0.5, 0.6) is 5.75 Å². The van der Waals surface area contributed by atoms with Crippen LogP contribution in [0, 0.1) is 0 Å². The molecule has 1 aliphatic rings. The van der Waals surface area contributed by atoms with Crippen LogP contribution in [0.4, 0.5) is 24.5 Å². The molecular weight excluding hydrogens is 565 g/mol. The summed E-state index contributed by atoms with van der Waals surface area (Å²) in [5.74, 6) is -0.0373. The Hall–Kier alpha value is -3.70. The summed E-state index contributed by atoms with van der Waals surface area (Å²) in [7, 11) is 5.42. The van der Waals surface area contributed by atoms with Gasteiger partial charge in [0.05, 0.1) is 18.7 Å². The average Bonchev–Trinajstić information content (AvgIpc) is 2.97. The average molecular weight is 601 g/mol. The van der Waals surface area contributed by atoms with Gasteiger partial charge in [0.15, 0.2) is 0 Å². The number of nitrogens with one attached hydrogen (secondary N) is 2. The van der Waals surface area contributed by atoms with Gasteiger partial charge in [-0.3, -0.25) is 9.59 Å². The van der Waals surface area contributed by atoms with Crippen molar-refractivity contribution in [2.45, 2.75) is 48.8 Å². The summed E-state index contributed by atoms with van der Waals surface area (Å²) in [5.41, 5.74) is 1.67. The molecule has 0 aromatic heterocycles. The Bertz CT molecular complexity index is 1350. The van der Waals surface area contributed by atoms with Crippen LogP contribution in [-0.4, -0.2) is 56.0 Å². The highest BCUT2D eigenvalue weighted by atomic mass is 32.2. The number of rotatable bonds is 10. The van der Waals surface area contributed by atoms with E-state index in [0.717, 1.165) is 48.2 Å². The van der Waals surface area contributed by atoms with Crippen LogP contribution in [0.3, 0.4) is 0 Å². The first kappa shape index (κ1) is 31.2. The molecule has 11 heteroatoms. The number of amides is 2. The summed E-state index contributed by atoms with van der Waals surface area (Å²) in [6, 6.07) is 18.2. The van der Waals surface area contributed by atoms with Gasteiger partial charge in [0.1, 0.15) is 11.8 Å². The van der Waals surface area contributed by atoms with Crippen LogP contribution >= 0.6 is 11.9 Å². The van der Waals surface area contributed by atoms with Crippen LogP contribution in [-0.2, 0) is 22.2 Å². The molecule has 1 fully saturated rings. The zero-order valence-electron chi connectivity index (χ0n) is 23.8. The Morgan fingerprint density at radius 1 is 1.05 bits per heavy atom. The zero-order valence-corrected chi connectivity index (χ0v) is 24.6. The molecule has 224 valence electrons. The molecule has 0 saturated carbocycles. The normalized spacial score (nSPS) is 16.4. The number of anilines is 2. The third-order valence-electron chi connectivity index (χ3n) is 7.02. The topological polar surface area (TPSA) is 73.9 Å². The zero-order chi connectivity index (χ0) is 30.3. The van der Waals surface area contributed by atoms with Crippen molar-refractivity contribution in [3.63, 3.8) is 0 Å². The Balaban J connectivity index is 1.51. The number of methoxy groups -OCH3 is 1. The molecule has 2 atom stereocenters. The van der Waals surface area contributed by atoms with E-state index in [-0.39, 0.29) is 18.2 Å². The Labute approximate surface area is 248 Å². The van der Waals surface area contributed by atoms with E-state index in [1.54, 1.807) is 37.4 Å². The van der Waals surface area contributed by atoms with Gasteiger partial charge in [0.2, 0.25) is 11.8 Å². The molecule has 0 aliphatic carbocycles. The van der Waals surface area contributed by atoms with Gasteiger partial charge in [-0.2, -0.15) is 13.2 Å². The number of alkyl halides is 3. The van der Waals surface area contributed by atoms with E-state index in [1.807, 2.05) is 47.6 Å². The van der Waals surface area contributed by atoms with Gasteiger partial charge in [-0.15, -0.1) is 0 Å². The SMILES string of the molecule is COc1ccc(C[C@H](NC(=O)[C@@H]2CCCCN2Sc2cccc(C(F)(F)F)c2)C(=O)Nc2ccc(N(C)C)cc2)cc1. The number of hydrogen-bond donors (Lipinski definition) is 2. The number of halogens is 3. The predicted molar refractivity (Wildman–Crippen MR) is 160 cm³/mol. The minimum atomic E-state index is -4.45. The van der Waals surface area contributed by atoms with Crippen molar-refractivity contribution in [3.05, 3.63) is 83.9 Å². The molecule has 1 aliphatic heterocycles. The molecule has 7 nitrogen and oxygen atoms in total. The summed E-state index contributed by atoms with van der Waals surface area (Å²) in [6.45, 7) is 0.534. The predicted octanol–water partition coefficient (Wildman–Crippen LogP) is 6.01. The molecular formula is C31H35F3N4O3S. The maximum absolute atomic E-state index is 13.7. The van der Waals surface area contributed by atoms with Crippen molar-refractivity contribution in [1.29, 1.82) is 0 Å². The molecule has 0 radical (unpaired) electrons. The first-order valence-corrected chi connectivity index (χ1v) is 14.4. The molecule has 0 spiro atoms. The number of hydrogen-bond acceptors (Lipinski definition) is 6. The van der Waals surface area contributed by atoms with Gasteiger partial charge < -0.3 is 20.3 Å². The lowest BCUT2D eigenvalue weighted by atomic mass is 10.0. The second-order valence-corrected chi connectivity index (χ2v) is 11.4. The van der Waals surface area contributed by atoms with Gasteiger partial charge in [0.25, 0.3) is 0 Å². The van der Waals surface area contributed by atoms with E-state index in [1.165, 1.54) is 6.07 Å². The Morgan fingerprint density at radius 2 is 1.76 bits per heavy atom. The van der Waals surface area contributed by atoms with E-state index in [2.05, 4.69) is 10.6 Å². The van der Waals surface area contributed by atoms with Crippen molar-refractivity contribution in [1.82, 2.24) is 9.62 Å². The number of carbonyl (C=O) groups is 2. The van der Waals surface area contributed by atoms with Crippen LogP contribution < -0.4 is 20.3 Å². The van der Waals surface area contributed by atoms with Gasteiger partial charge in [0, 0.05) is 43.3 Å². The minimum Gasteiger partial charge on any atom is -0.497 e. The number of ether oxygens (including phenoxy) is 1. The molecule has 42 heavy (non-hydrogen) atoms. The third kappa shape index (κ3) is 8.42. The highest BCUT2D eigenvalue weighted by Crippen LogP contribution is 2.35. The molecule has 0 bridgehead atoms. The Kier molecular flexibility index (Phi) is 10.4. The maximum atomic E-state index is 13.7. The molecule has 0 unspecified atom stereocenters. The second kappa shape index (κ2) is 14.0. The molecule has 1 heterocycles.